The molecule has 0 aromatic rings. The maximum Gasteiger partial charge on any atom is 0.240 e. The molecule has 2 rings (SSSR count). The van der Waals surface area contributed by atoms with E-state index in [9.17, 15) is 9.59 Å². The predicted octanol–water partition coefficient (Wildman–Crippen LogP) is 2.27. The Hall–Kier alpha value is -0.810. The molecule has 4 N–H and O–H groups in total. The minimum Gasteiger partial charge on any atom is -0.354 e. The predicted molar refractivity (Wildman–Crippen MR) is 94.5 cm³/mol. The van der Waals surface area contributed by atoms with Crippen molar-refractivity contribution < 1.29 is 9.59 Å². The zero-order chi connectivity index (χ0) is 15.8. The summed E-state index contributed by atoms with van der Waals surface area (Å²) < 4.78 is 0. The highest BCUT2D eigenvalue weighted by molar-refractivity contribution is 5.86. The van der Waals surface area contributed by atoms with Gasteiger partial charge in [-0.3, -0.25) is 9.59 Å². The summed E-state index contributed by atoms with van der Waals surface area (Å²) in [4.78, 5) is 24.0. The van der Waals surface area contributed by atoms with Crippen LogP contribution in [0.5, 0.6) is 0 Å². The number of amides is 2. The quantitative estimate of drug-likeness (QED) is 0.646. The van der Waals surface area contributed by atoms with E-state index in [-0.39, 0.29) is 24.2 Å². The fourth-order valence-electron chi connectivity index (χ4n) is 3.69. The topological polar surface area (TPSA) is 84.2 Å². The van der Waals surface area contributed by atoms with E-state index in [1.807, 2.05) is 0 Å². The zero-order valence-electron chi connectivity index (χ0n) is 14.1. The molecule has 134 valence electrons. The molecule has 2 amide bonds. The number of hydrogen-bond acceptors (Lipinski definition) is 3. The van der Waals surface area contributed by atoms with Gasteiger partial charge >= 0.3 is 0 Å². The molecular formula is C17H32ClN3O2. The van der Waals surface area contributed by atoms with Crippen molar-refractivity contribution in [3.8, 4) is 0 Å². The second kappa shape index (κ2) is 10.1. The lowest BCUT2D eigenvalue weighted by atomic mass is 9.82. The lowest BCUT2D eigenvalue weighted by Gasteiger charge is -2.31. The van der Waals surface area contributed by atoms with Crippen LogP contribution in [0.25, 0.3) is 0 Å². The van der Waals surface area contributed by atoms with Crippen LogP contribution in [0.1, 0.15) is 70.6 Å². The van der Waals surface area contributed by atoms with Crippen molar-refractivity contribution in [2.75, 3.05) is 13.1 Å². The molecule has 0 atom stereocenters. The monoisotopic (exact) mass is 345 g/mol. The molecule has 23 heavy (non-hydrogen) atoms. The van der Waals surface area contributed by atoms with Gasteiger partial charge in [-0.1, -0.05) is 38.5 Å². The van der Waals surface area contributed by atoms with Crippen LogP contribution in [0.4, 0.5) is 0 Å². The Bertz CT molecular complexity index is 378. The average molecular weight is 346 g/mol. The van der Waals surface area contributed by atoms with Crippen molar-refractivity contribution in [1.82, 2.24) is 10.6 Å². The van der Waals surface area contributed by atoms with Crippen molar-refractivity contribution in [2.45, 2.75) is 76.2 Å². The molecule has 2 fully saturated rings. The Morgan fingerprint density at radius 1 is 0.913 bits per heavy atom. The van der Waals surface area contributed by atoms with E-state index < -0.39 is 5.54 Å². The van der Waals surface area contributed by atoms with E-state index in [4.69, 9.17) is 5.73 Å². The van der Waals surface area contributed by atoms with E-state index >= 15 is 0 Å². The molecular weight excluding hydrogens is 314 g/mol. The highest BCUT2D eigenvalue weighted by atomic mass is 35.5. The summed E-state index contributed by atoms with van der Waals surface area (Å²) in [5.74, 6) is 0.605. The fourth-order valence-corrected chi connectivity index (χ4v) is 3.69. The SMILES string of the molecule is Cl.NC1(C(=O)NCCNC(=O)CC2CCCCC2)CCCCC1. The summed E-state index contributed by atoms with van der Waals surface area (Å²) in [5.41, 5.74) is 5.48. The second-order valence-corrected chi connectivity index (χ2v) is 7.03. The van der Waals surface area contributed by atoms with Crippen LogP contribution >= 0.6 is 12.4 Å². The normalized spacial score (nSPS) is 21.1. The number of nitrogens with two attached hydrogens (primary N) is 1. The molecule has 0 unspecified atom stereocenters. The van der Waals surface area contributed by atoms with Crippen molar-refractivity contribution in [1.29, 1.82) is 0 Å². The summed E-state index contributed by atoms with van der Waals surface area (Å²) in [6.45, 7) is 0.960. The number of halogens is 1. The lowest BCUT2D eigenvalue weighted by molar-refractivity contribution is -0.128. The first kappa shape index (κ1) is 20.2. The molecule has 2 aliphatic rings. The summed E-state index contributed by atoms with van der Waals surface area (Å²) >= 11 is 0. The molecule has 2 aliphatic carbocycles. The fraction of sp³-hybridized carbons (Fsp3) is 0.882. The summed E-state index contributed by atoms with van der Waals surface area (Å²) in [5, 5.41) is 5.78. The van der Waals surface area contributed by atoms with Gasteiger partial charge in [0.05, 0.1) is 5.54 Å². The third kappa shape index (κ3) is 6.68. The maximum atomic E-state index is 12.1. The van der Waals surface area contributed by atoms with Gasteiger partial charge in [0, 0.05) is 19.5 Å². The van der Waals surface area contributed by atoms with Crippen LogP contribution in [-0.4, -0.2) is 30.4 Å². The van der Waals surface area contributed by atoms with Gasteiger partial charge in [-0.15, -0.1) is 12.4 Å². The first-order chi connectivity index (χ1) is 10.6. The lowest BCUT2D eigenvalue weighted by Crippen LogP contribution is -2.55. The van der Waals surface area contributed by atoms with E-state index in [1.54, 1.807) is 0 Å². The standard InChI is InChI=1S/C17H31N3O2.ClH/c18-17(9-5-2-6-10-17)16(22)20-12-11-19-15(21)13-14-7-3-1-4-8-14;/h14H,1-13,18H2,(H,19,21)(H,20,22);1H. The summed E-state index contributed by atoms with van der Waals surface area (Å²) in [6, 6.07) is 0. The van der Waals surface area contributed by atoms with Gasteiger partial charge < -0.3 is 16.4 Å². The highest BCUT2D eigenvalue weighted by Gasteiger charge is 2.34. The van der Waals surface area contributed by atoms with Crippen molar-refractivity contribution in [3.05, 3.63) is 0 Å². The number of carbonyl (C=O) groups is 2. The summed E-state index contributed by atoms with van der Waals surface area (Å²) in [7, 11) is 0. The molecule has 0 radical (unpaired) electrons. The van der Waals surface area contributed by atoms with Crippen molar-refractivity contribution in [2.24, 2.45) is 11.7 Å². The van der Waals surface area contributed by atoms with Crippen molar-refractivity contribution in [3.63, 3.8) is 0 Å². The smallest absolute Gasteiger partial charge is 0.240 e. The number of rotatable bonds is 6. The molecule has 0 bridgehead atoms. The van der Waals surface area contributed by atoms with Gasteiger partial charge in [0.2, 0.25) is 11.8 Å². The molecule has 0 aliphatic heterocycles. The summed E-state index contributed by atoms with van der Waals surface area (Å²) in [6.07, 6.45) is 11.6. The van der Waals surface area contributed by atoms with Gasteiger partial charge in [0.15, 0.2) is 0 Å². The van der Waals surface area contributed by atoms with E-state index in [1.165, 1.54) is 38.5 Å². The Labute approximate surface area is 145 Å². The Balaban J connectivity index is 0.00000264. The van der Waals surface area contributed by atoms with Crippen LogP contribution in [0.3, 0.4) is 0 Å². The number of carbonyl (C=O) groups excluding carboxylic acids is 2. The third-order valence-corrected chi connectivity index (χ3v) is 5.13. The zero-order valence-corrected chi connectivity index (χ0v) is 14.9. The molecule has 5 nitrogen and oxygen atoms in total. The molecule has 0 spiro atoms. The molecule has 0 aromatic carbocycles. The Morgan fingerprint density at radius 2 is 1.48 bits per heavy atom. The Kier molecular flexibility index (Phi) is 8.92. The second-order valence-electron chi connectivity index (χ2n) is 7.03. The van der Waals surface area contributed by atoms with Crippen LogP contribution in [0.15, 0.2) is 0 Å². The van der Waals surface area contributed by atoms with Crippen molar-refractivity contribution >= 4 is 24.2 Å². The molecule has 0 heterocycles. The van der Waals surface area contributed by atoms with Gasteiger partial charge in [0.1, 0.15) is 0 Å². The maximum absolute atomic E-state index is 12.1. The molecule has 6 heteroatoms. The first-order valence-corrected chi connectivity index (χ1v) is 8.94. The molecule has 0 aromatic heterocycles. The van der Waals surface area contributed by atoms with E-state index in [2.05, 4.69) is 10.6 Å². The van der Waals surface area contributed by atoms with Crippen LogP contribution in [-0.2, 0) is 9.59 Å². The van der Waals surface area contributed by atoms with Gasteiger partial charge in [-0.05, 0) is 31.6 Å². The van der Waals surface area contributed by atoms with E-state index in [0.717, 1.165) is 25.7 Å². The number of nitrogens with one attached hydrogen (secondary N) is 2. The van der Waals surface area contributed by atoms with Crippen LogP contribution in [0, 0.1) is 5.92 Å². The van der Waals surface area contributed by atoms with Crippen LogP contribution < -0.4 is 16.4 Å². The Morgan fingerprint density at radius 3 is 2.13 bits per heavy atom. The first-order valence-electron chi connectivity index (χ1n) is 8.94. The molecule has 2 saturated carbocycles. The largest absolute Gasteiger partial charge is 0.354 e. The highest BCUT2D eigenvalue weighted by Crippen LogP contribution is 2.26. The number of hydrogen-bond donors (Lipinski definition) is 3. The van der Waals surface area contributed by atoms with Gasteiger partial charge in [-0.2, -0.15) is 0 Å². The average Bonchev–Trinajstić information content (AvgIpc) is 2.53. The minimum absolute atomic E-state index is 0. The van der Waals surface area contributed by atoms with Gasteiger partial charge in [0.25, 0.3) is 0 Å². The third-order valence-electron chi connectivity index (χ3n) is 5.13. The van der Waals surface area contributed by atoms with Gasteiger partial charge in [-0.25, -0.2) is 0 Å². The van der Waals surface area contributed by atoms with Crippen LogP contribution in [0.2, 0.25) is 0 Å². The van der Waals surface area contributed by atoms with E-state index in [0.29, 0.717) is 25.4 Å². The minimum atomic E-state index is -0.690. The molecule has 0 saturated heterocycles.